The summed E-state index contributed by atoms with van der Waals surface area (Å²) in [6.07, 6.45) is 1.09. The van der Waals surface area contributed by atoms with Crippen molar-refractivity contribution in [3.05, 3.63) is 70.1 Å². The van der Waals surface area contributed by atoms with Crippen LogP contribution in [0.25, 0.3) is 0 Å². The normalized spacial score (nSPS) is 10.9. The Kier molecular flexibility index (Phi) is 6.76. The monoisotopic (exact) mass is 371 g/mol. The van der Waals surface area contributed by atoms with Crippen LogP contribution >= 0.6 is 0 Å². The molecule has 0 aliphatic heterocycles. The number of carbonyl (C=O) groups excluding carboxylic acids is 2. The Morgan fingerprint density at radius 3 is 2.33 bits per heavy atom. The number of hydrogen-bond donors (Lipinski definition) is 2. The number of ether oxygens (including phenoxy) is 1. The van der Waals surface area contributed by atoms with Crippen LogP contribution in [0.5, 0.6) is 0 Å². The zero-order valence-corrected chi connectivity index (χ0v) is 15.8. The third kappa shape index (κ3) is 6.62. The highest BCUT2D eigenvalue weighted by Gasteiger charge is 2.16. The van der Waals surface area contributed by atoms with Crippen molar-refractivity contribution in [2.75, 3.05) is 13.1 Å². The molecule has 0 aliphatic carbocycles. The van der Waals surface area contributed by atoms with E-state index in [-0.39, 0.29) is 24.2 Å². The van der Waals surface area contributed by atoms with Gasteiger partial charge in [-0.1, -0.05) is 30.3 Å². The minimum Gasteiger partial charge on any atom is -0.444 e. The van der Waals surface area contributed by atoms with E-state index in [4.69, 9.17) is 4.74 Å². The first-order valence-corrected chi connectivity index (χ1v) is 8.75. The maximum atomic E-state index is 12.5. The highest BCUT2D eigenvalue weighted by Crippen LogP contribution is 2.06. The number of hydrogen-bond acceptors (Lipinski definition) is 4. The quantitative estimate of drug-likeness (QED) is 0.762. The minimum absolute atomic E-state index is 0.0608. The molecule has 2 N–H and O–H groups in total. The van der Waals surface area contributed by atoms with Crippen molar-refractivity contribution in [1.29, 1.82) is 0 Å². The van der Waals surface area contributed by atoms with E-state index in [0.717, 1.165) is 5.56 Å². The molecule has 0 aliphatic rings. The molecule has 1 aromatic heterocycles. The largest absolute Gasteiger partial charge is 0.444 e. The molecule has 2 aromatic rings. The highest BCUT2D eigenvalue weighted by molar-refractivity contribution is 5.93. The number of nitrogens with zero attached hydrogens (tertiary/aromatic N) is 1. The maximum absolute atomic E-state index is 12.5. The molecule has 144 valence electrons. The van der Waals surface area contributed by atoms with Gasteiger partial charge in [0.05, 0.1) is 6.54 Å². The van der Waals surface area contributed by atoms with E-state index in [2.05, 4.69) is 10.6 Å². The first-order valence-electron chi connectivity index (χ1n) is 8.75. The number of alkyl carbamates (subject to hydrolysis) is 1. The summed E-state index contributed by atoms with van der Waals surface area (Å²) in [5.74, 6) is -0.478. The van der Waals surface area contributed by atoms with Crippen molar-refractivity contribution in [2.24, 2.45) is 0 Å². The van der Waals surface area contributed by atoms with Crippen molar-refractivity contribution in [1.82, 2.24) is 15.2 Å². The van der Waals surface area contributed by atoms with Crippen molar-refractivity contribution in [3.63, 3.8) is 0 Å². The molecule has 7 heteroatoms. The molecule has 0 spiro atoms. The van der Waals surface area contributed by atoms with Gasteiger partial charge in [-0.3, -0.25) is 9.59 Å². The summed E-state index contributed by atoms with van der Waals surface area (Å²) in [6, 6.07) is 12.7. The fraction of sp³-hybridized carbons (Fsp3) is 0.350. The van der Waals surface area contributed by atoms with Crippen LogP contribution < -0.4 is 16.2 Å². The predicted molar refractivity (Wildman–Crippen MR) is 103 cm³/mol. The maximum Gasteiger partial charge on any atom is 0.407 e. The van der Waals surface area contributed by atoms with Crippen LogP contribution in [0.1, 0.15) is 36.7 Å². The van der Waals surface area contributed by atoms with Crippen LogP contribution in [-0.4, -0.2) is 35.3 Å². The fourth-order valence-electron chi connectivity index (χ4n) is 2.36. The summed E-state index contributed by atoms with van der Waals surface area (Å²) in [5, 5.41) is 5.17. The Hall–Kier alpha value is -3.09. The minimum atomic E-state index is -0.582. The van der Waals surface area contributed by atoms with Gasteiger partial charge in [0.25, 0.3) is 11.5 Å². The molecule has 0 unspecified atom stereocenters. The number of pyridine rings is 1. The number of rotatable bonds is 6. The van der Waals surface area contributed by atoms with Gasteiger partial charge in [-0.05, 0) is 38.5 Å². The average Bonchev–Trinajstić information content (AvgIpc) is 2.60. The predicted octanol–water partition coefficient (Wildman–Crippen LogP) is 2.15. The van der Waals surface area contributed by atoms with E-state index in [9.17, 15) is 14.4 Å². The van der Waals surface area contributed by atoms with Gasteiger partial charge < -0.3 is 19.9 Å². The zero-order chi connectivity index (χ0) is 19.9. The highest BCUT2D eigenvalue weighted by atomic mass is 16.6. The van der Waals surface area contributed by atoms with E-state index in [1.165, 1.54) is 10.6 Å². The van der Waals surface area contributed by atoms with Gasteiger partial charge in [-0.2, -0.15) is 0 Å². The Balaban J connectivity index is 1.90. The molecule has 2 amide bonds. The van der Waals surface area contributed by atoms with E-state index < -0.39 is 17.6 Å². The molecular formula is C20H25N3O4. The molecule has 0 bridgehead atoms. The van der Waals surface area contributed by atoms with Crippen LogP contribution in [0, 0.1) is 0 Å². The Morgan fingerprint density at radius 1 is 1.00 bits per heavy atom. The van der Waals surface area contributed by atoms with E-state index in [1.807, 2.05) is 30.3 Å². The van der Waals surface area contributed by atoms with Crippen LogP contribution in [0.3, 0.4) is 0 Å². The number of amides is 2. The molecule has 1 heterocycles. The lowest BCUT2D eigenvalue weighted by Gasteiger charge is -2.19. The Labute approximate surface area is 158 Å². The van der Waals surface area contributed by atoms with E-state index in [1.54, 1.807) is 33.0 Å². The molecule has 0 fully saturated rings. The number of carbonyl (C=O) groups is 2. The molecule has 27 heavy (non-hydrogen) atoms. The van der Waals surface area contributed by atoms with Crippen molar-refractivity contribution in [3.8, 4) is 0 Å². The topological polar surface area (TPSA) is 89.4 Å². The molecule has 0 radical (unpaired) electrons. The summed E-state index contributed by atoms with van der Waals surface area (Å²) in [7, 11) is 0. The lowest BCUT2D eigenvalue weighted by molar-refractivity contribution is 0.0526. The summed E-state index contributed by atoms with van der Waals surface area (Å²) >= 11 is 0. The first-order chi connectivity index (χ1) is 12.8. The molecule has 0 saturated heterocycles. The average molecular weight is 371 g/mol. The van der Waals surface area contributed by atoms with Crippen molar-refractivity contribution < 1.29 is 14.3 Å². The van der Waals surface area contributed by atoms with E-state index in [0.29, 0.717) is 6.54 Å². The van der Waals surface area contributed by atoms with Gasteiger partial charge >= 0.3 is 6.09 Å². The van der Waals surface area contributed by atoms with Gasteiger partial charge in [-0.25, -0.2) is 4.79 Å². The zero-order valence-electron chi connectivity index (χ0n) is 15.8. The third-order valence-electron chi connectivity index (χ3n) is 3.54. The summed E-state index contributed by atoms with van der Waals surface area (Å²) < 4.78 is 6.59. The van der Waals surface area contributed by atoms with Gasteiger partial charge in [0.15, 0.2) is 0 Å². The fourth-order valence-corrected chi connectivity index (χ4v) is 2.36. The molecule has 2 rings (SSSR count). The van der Waals surface area contributed by atoms with Gasteiger partial charge in [0, 0.05) is 19.3 Å². The van der Waals surface area contributed by atoms with E-state index >= 15 is 0 Å². The molecule has 1 aromatic carbocycles. The van der Waals surface area contributed by atoms with Gasteiger partial charge in [0.1, 0.15) is 11.2 Å². The standard InChI is InChI=1S/C20H25N3O4/c1-20(2,3)27-19(26)22-12-11-21-17(24)16-10-7-13-23(18(16)25)14-15-8-5-4-6-9-15/h4-10,13H,11-12,14H2,1-3H3,(H,21,24)(H,22,26). The molecule has 7 nitrogen and oxygen atoms in total. The van der Waals surface area contributed by atoms with Gasteiger partial charge in [-0.15, -0.1) is 0 Å². The SMILES string of the molecule is CC(C)(C)OC(=O)NCCNC(=O)c1cccn(Cc2ccccc2)c1=O. The lowest BCUT2D eigenvalue weighted by Crippen LogP contribution is -2.39. The Morgan fingerprint density at radius 2 is 1.67 bits per heavy atom. The molecular weight excluding hydrogens is 346 g/mol. The second-order valence-corrected chi connectivity index (χ2v) is 7.03. The number of benzene rings is 1. The molecule has 0 saturated carbocycles. The second-order valence-electron chi connectivity index (χ2n) is 7.03. The summed E-state index contributed by atoms with van der Waals surface area (Å²) in [4.78, 5) is 36.3. The summed E-state index contributed by atoms with van der Waals surface area (Å²) in [6.45, 7) is 6.08. The van der Waals surface area contributed by atoms with Crippen molar-refractivity contribution >= 4 is 12.0 Å². The summed E-state index contributed by atoms with van der Waals surface area (Å²) in [5.41, 5.74) is 0.0877. The van der Waals surface area contributed by atoms with Crippen LogP contribution in [0.4, 0.5) is 4.79 Å². The first kappa shape index (κ1) is 20.2. The van der Waals surface area contributed by atoms with Gasteiger partial charge in [0.2, 0.25) is 0 Å². The smallest absolute Gasteiger partial charge is 0.407 e. The number of nitrogens with one attached hydrogen (secondary N) is 2. The van der Waals surface area contributed by atoms with Crippen LogP contribution in [0.2, 0.25) is 0 Å². The third-order valence-corrected chi connectivity index (χ3v) is 3.54. The second kappa shape index (κ2) is 9.02. The number of aromatic nitrogens is 1. The van der Waals surface area contributed by atoms with Crippen LogP contribution in [-0.2, 0) is 11.3 Å². The van der Waals surface area contributed by atoms with Crippen LogP contribution in [0.15, 0.2) is 53.5 Å². The van der Waals surface area contributed by atoms with Crippen molar-refractivity contribution in [2.45, 2.75) is 32.9 Å². The molecule has 0 atom stereocenters. The Bertz CT molecular complexity index is 838. The lowest BCUT2D eigenvalue weighted by atomic mass is 10.2.